The zero-order valence-electron chi connectivity index (χ0n) is 16.0. The first-order valence-electron chi connectivity index (χ1n) is 10.1. The van der Waals surface area contributed by atoms with Crippen molar-refractivity contribution in [1.29, 1.82) is 0 Å². The Morgan fingerprint density at radius 3 is 2.67 bits per heavy atom. The fourth-order valence-corrected chi connectivity index (χ4v) is 3.75. The summed E-state index contributed by atoms with van der Waals surface area (Å²) in [4.78, 5) is 11.1. The minimum atomic E-state index is -0.0967. The van der Waals surface area contributed by atoms with Crippen LogP contribution in [0, 0.1) is 11.8 Å². The molecule has 1 rings (SSSR count). The van der Waals surface area contributed by atoms with Crippen molar-refractivity contribution in [2.75, 3.05) is 7.11 Å². The van der Waals surface area contributed by atoms with Gasteiger partial charge in [0.25, 0.3) is 0 Å². The van der Waals surface area contributed by atoms with Gasteiger partial charge >= 0.3 is 5.97 Å². The maximum Gasteiger partial charge on any atom is 0.305 e. The largest absolute Gasteiger partial charge is 0.469 e. The molecule has 0 saturated heterocycles. The van der Waals surface area contributed by atoms with Gasteiger partial charge in [0.05, 0.1) is 7.11 Å². The van der Waals surface area contributed by atoms with Crippen molar-refractivity contribution in [3.63, 3.8) is 0 Å². The van der Waals surface area contributed by atoms with Crippen LogP contribution in [0.5, 0.6) is 0 Å². The quantitative estimate of drug-likeness (QED) is 0.215. The Hall–Kier alpha value is -1.05. The van der Waals surface area contributed by atoms with Crippen LogP contribution >= 0.6 is 0 Å². The van der Waals surface area contributed by atoms with E-state index in [4.69, 9.17) is 0 Å². The van der Waals surface area contributed by atoms with Gasteiger partial charge in [-0.1, -0.05) is 56.9 Å². The summed E-state index contributed by atoms with van der Waals surface area (Å²) in [7, 11) is 1.46. The van der Waals surface area contributed by atoms with Gasteiger partial charge in [0.2, 0.25) is 0 Å². The molecule has 138 valence electrons. The van der Waals surface area contributed by atoms with Crippen LogP contribution in [0.1, 0.15) is 90.4 Å². The van der Waals surface area contributed by atoms with E-state index in [9.17, 15) is 4.79 Å². The molecule has 24 heavy (non-hydrogen) atoms. The summed E-state index contributed by atoms with van der Waals surface area (Å²) >= 11 is 0. The fraction of sp³-hybridized carbons (Fsp3) is 0.773. The summed E-state index contributed by atoms with van der Waals surface area (Å²) in [5.41, 5.74) is 1.37. The molecule has 0 bridgehead atoms. The van der Waals surface area contributed by atoms with Crippen LogP contribution in [-0.4, -0.2) is 13.1 Å². The van der Waals surface area contributed by atoms with Gasteiger partial charge in [-0.3, -0.25) is 4.79 Å². The number of ether oxygens (including phenoxy) is 1. The summed E-state index contributed by atoms with van der Waals surface area (Å²) in [5.74, 6) is 1.47. The first-order valence-corrected chi connectivity index (χ1v) is 10.1. The summed E-state index contributed by atoms with van der Waals surface area (Å²) in [5, 5.41) is 0. The Morgan fingerprint density at radius 2 is 1.92 bits per heavy atom. The molecule has 1 aliphatic carbocycles. The molecule has 0 heterocycles. The molecular formula is C22H38O2. The number of esters is 1. The van der Waals surface area contributed by atoms with Gasteiger partial charge in [0.1, 0.15) is 0 Å². The van der Waals surface area contributed by atoms with Crippen molar-refractivity contribution < 1.29 is 9.53 Å². The molecule has 1 unspecified atom stereocenters. The standard InChI is InChI=1S/C22H38O2/c1-4-5-6-7-8-9-14-20-15-12-16-21(20)18-19(2)13-10-11-17-22(23)24-3/h9,14,20-21H,2,4-8,10-13,15-18H2,1,3H3/b14-9+/t20?,21-/m1/s1. The Labute approximate surface area is 149 Å². The Balaban J connectivity index is 2.18. The monoisotopic (exact) mass is 334 g/mol. The molecule has 0 N–H and O–H groups in total. The second-order valence-electron chi connectivity index (χ2n) is 7.37. The second-order valence-corrected chi connectivity index (χ2v) is 7.37. The van der Waals surface area contributed by atoms with Gasteiger partial charge < -0.3 is 4.74 Å². The van der Waals surface area contributed by atoms with Crippen LogP contribution in [0.3, 0.4) is 0 Å². The van der Waals surface area contributed by atoms with Gasteiger partial charge in [-0.2, -0.15) is 0 Å². The highest BCUT2D eigenvalue weighted by molar-refractivity contribution is 5.68. The average Bonchev–Trinajstić information content (AvgIpc) is 3.01. The van der Waals surface area contributed by atoms with Crippen LogP contribution in [0.4, 0.5) is 0 Å². The number of unbranched alkanes of at least 4 members (excludes halogenated alkanes) is 5. The smallest absolute Gasteiger partial charge is 0.305 e. The number of carbonyl (C=O) groups is 1. The average molecular weight is 335 g/mol. The zero-order chi connectivity index (χ0) is 17.6. The van der Waals surface area contributed by atoms with Crippen LogP contribution in [0.2, 0.25) is 0 Å². The van der Waals surface area contributed by atoms with E-state index in [2.05, 4.69) is 30.4 Å². The lowest BCUT2D eigenvalue weighted by Gasteiger charge is -2.18. The molecule has 2 atom stereocenters. The summed E-state index contributed by atoms with van der Waals surface area (Å²) in [6.45, 7) is 6.54. The lowest BCUT2D eigenvalue weighted by molar-refractivity contribution is -0.140. The molecule has 0 aromatic heterocycles. The highest BCUT2D eigenvalue weighted by Crippen LogP contribution is 2.37. The minimum Gasteiger partial charge on any atom is -0.469 e. The van der Waals surface area contributed by atoms with Crippen molar-refractivity contribution >= 4 is 5.97 Å². The van der Waals surface area contributed by atoms with Crippen molar-refractivity contribution in [2.45, 2.75) is 90.4 Å². The van der Waals surface area contributed by atoms with E-state index in [1.807, 2.05) is 0 Å². The number of hydrogen-bond acceptors (Lipinski definition) is 2. The lowest BCUT2D eigenvalue weighted by Crippen LogP contribution is -2.06. The minimum absolute atomic E-state index is 0.0967. The molecule has 1 aliphatic rings. The van der Waals surface area contributed by atoms with Crippen molar-refractivity contribution in [3.05, 3.63) is 24.3 Å². The third-order valence-corrected chi connectivity index (χ3v) is 5.27. The highest BCUT2D eigenvalue weighted by Gasteiger charge is 2.25. The Bertz CT molecular complexity index is 383. The molecule has 1 fully saturated rings. The van der Waals surface area contributed by atoms with Gasteiger partial charge in [0, 0.05) is 6.42 Å². The van der Waals surface area contributed by atoms with E-state index < -0.39 is 0 Å². The van der Waals surface area contributed by atoms with E-state index in [-0.39, 0.29) is 5.97 Å². The molecule has 2 nitrogen and oxygen atoms in total. The van der Waals surface area contributed by atoms with E-state index in [0.717, 1.165) is 31.1 Å². The summed E-state index contributed by atoms with van der Waals surface area (Å²) in [6, 6.07) is 0. The zero-order valence-corrected chi connectivity index (χ0v) is 16.0. The predicted octanol–water partition coefficient (Wildman–Crippen LogP) is 6.61. The topological polar surface area (TPSA) is 26.3 Å². The Kier molecular flexibility index (Phi) is 11.6. The summed E-state index contributed by atoms with van der Waals surface area (Å²) < 4.78 is 4.68. The molecule has 0 aliphatic heterocycles. The first kappa shape index (κ1) is 21.0. The van der Waals surface area contributed by atoms with Gasteiger partial charge in [-0.15, -0.1) is 0 Å². The number of rotatable bonds is 13. The fourth-order valence-electron chi connectivity index (χ4n) is 3.75. The van der Waals surface area contributed by atoms with E-state index in [0.29, 0.717) is 6.42 Å². The third kappa shape index (κ3) is 9.30. The van der Waals surface area contributed by atoms with Gasteiger partial charge in [-0.05, 0) is 63.2 Å². The molecule has 1 saturated carbocycles. The molecule has 0 aromatic rings. The van der Waals surface area contributed by atoms with E-state index in [1.165, 1.54) is 70.5 Å². The van der Waals surface area contributed by atoms with Crippen molar-refractivity contribution in [3.8, 4) is 0 Å². The molecule has 0 spiro atoms. The molecule has 2 heteroatoms. The number of carbonyl (C=O) groups excluding carboxylic acids is 1. The van der Waals surface area contributed by atoms with Crippen LogP contribution in [-0.2, 0) is 9.53 Å². The number of hydrogen-bond donors (Lipinski definition) is 0. The number of methoxy groups -OCH3 is 1. The van der Waals surface area contributed by atoms with Gasteiger partial charge in [0.15, 0.2) is 0 Å². The van der Waals surface area contributed by atoms with Crippen LogP contribution in [0.25, 0.3) is 0 Å². The first-order chi connectivity index (χ1) is 11.7. The lowest BCUT2D eigenvalue weighted by atomic mass is 9.88. The maximum absolute atomic E-state index is 11.1. The number of allylic oxidation sites excluding steroid dienone is 3. The van der Waals surface area contributed by atoms with Crippen molar-refractivity contribution in [2.24, 2.45) is 11.8 Å². The third-order valence-electron chi connectivity index (χ3n) is 5.27. The van der Waals surface area contributed by atoms with Crippen LogP contribution in [0.15, 0.2) is 24.3 Å². The highest BCUT2D eigenvalue weighted by atomic mass is 16.5. The SMILES string of the molecule is C=C(CCCCC(=O)OC)C[C@H]1CCCC1/C=C/CCCCCC. The second kappa shape index (κ2) is 13.3. The molecule has 0 amide bonds. The van der Waals surface area contributed by atoms with Crippen LogP contribution < -0.4 is 0 Å². The van der Waals surface area contributed by atoms with Crippen molar-refractivity contribution in [1.82, 2.24) is 0 Å². The Morgan fingerprint density at radius 1 is 1.12 bits per heavy atom. The normalized spacial score (nSPS) is 20.6. The molecule has 0 aromatic carbocycles. The van der Waals surface area contributed by atoms with Gasteiger partial charge in [-0.25, -0.2) is 0 Å². The summed E-state index contributed by atoms with van der Waals surface area (Å²) in [6.07, 6.45) is 20.4. The van der Waals surface area contributed by atoms with E-state index >= 15 is 0 Å². The van der Waals surface area contributed by atoms with E-state index in [1.54, 1.807) is 0 Å². The molecule has 0 radical (unpaired) electrons. The molecular weight excluding hydrogens is 296 g/mol. The maximum atomic E-state index is 11.1. The predicted molar refractivity (Wildman–Crippen MR) is 103 cm³/mol.